The van der Waals surface area contributed by atoms with Gasteiger partial charge in [0.05, 0.1) is 38.9 Å². The van der Waals surface area contributed by atoms with E-state index in [9.17, 15) is 13.2 Å². The zero-order valence-corrected chi connectivity index (χ0v) is 17.2. The van der Waals surface area contributed by atoms with Crippen LogP contribution in [0.2, 0.25) is 0 Å². The summed E-state index contributed by atoms with van der Waals surface area (Å²) >= 11 is 0. The highest BCUT2D eigenvalue weighted by Gasteiger charge is 2.24. The van der Waals surface area contributed by atoms with Crippen molar-refractivity contribution < 1.29 is 27.4 Å². The summed E-state index contributed by atoms with van der Waals surface area (Å²) in [5, 5.41) is 2.79. The fourth-order valence-corrected chi connectivity index (χ4v) is 4.48. The third kappa shape index (κ3) is 5.26. The number of sulfonamides is 1. The van der Waals surface area contributed by atoms with Crippen LogP contribution in [0.15, 0.2) is 42.5 Å². The number of rotatable bonds is 7. The average Bonchev–Trinajstić information content (AvgIpc) is 2.75. The van der Waals surface area contributed by atoms with Crippen LogP contribution in [0.4, 0.5) is 5.69 Å². The molecule has 0 radical (unpaired) electrons. The van der Waals surface area contributed by atoms with Crippen molar-refractivity contribution in [3.8, 4) is 11.5 Å². The van der Waals surface area contributed by atoms with Crippen LogP contribution in [-0.2, 0) is 20.5 Å². The first-order chi connectivity index (χ1) is 13.9. The Labute approximate surface area is 170 Å². The molecule has 1 saturated heterocycles. The van der Waals surface area contributed by atoms with Gasteiger partial charge in [0.2, 0.25) is 10.0 Å². The fraction of sp³-hybridized carbons (Fsp3) is 0.350. The topological polar surface area (TPSA) is 94.2 Å². The van der Waals surface area contributed by atoms with E-state index >= 15 is 0 Å². The molecule has 1 fully saturated rings. The number of benzene rings is 2. The van der Waals surface area contributed by atoms with Gasteiger partial charge in [0, 0.05) is 24.7 Å². The summed E-state index contributed by atoms with van der Waals surface area (Å²) < 4.78 is 42.1. The molecule has 0 aliphatic carbocycles. The molecule has 3 rings (SSSR count). The molecule has 1 aliphatic rings. The van der Waals surface area contributed by atoms with Crippen molar-refractivity contribution in [1.82, 2.24) is 4.31 Å². The molecule has 1 amide bonds. The lowest BCUT2D eigenvalue weighted by atomic mass is 10.1. The van der Waals surface area contributed by atoms with E-state index in [0.717, 1.165) is 0 Å². The van der Waals surface area contributed by atoms with Gasteiger partial charge >= 0.3 is 0 Å². The lowest BCUT2D eigenvalue weighted by Gasteiger charge is -2.26. The van der Waals surface area contributed by atoms with Crippen molar-refractivity contribution in [2.45, 2.75) is 5.75 Å². The number of hydrogen-bond acceptors (Lipinski definition) is 6. The van der Waals surface area contributed by atoms with Crippen molar-refractivity contribution in [3.05, 3.63) is 53.6 Å². The number of hydrogen-bond donors (Lipinski definition) is 1. The first-order valence-corrected chi connectivity index (χ1v) is 10.7. The van der Waals surface area contributed by atoms with Gasteiger partial charge in [-0.05, 0) is 29.8 Å². The quantitative estimate of drug-likeness (QED) is 0.737. The van der Waals surface area contributed by atoms with Gasteiger partial charge in [-0.3, -0.25) is 4.79 Å². The summed E-state index contributed by atoms with van der Waals surface area (Å²) in [4.78, 5) is 12.5. The van der Waals surface area contributed by atoms with Crippen molar-refractivity contribution in [2.75, 3.05) is 45.8 Å². The molecule has 0 aromatic heterocycles. The van der Waals surface area contributed by atoms with Gasteiger partial charge in [0.25, 0.3) is 5.91 Å². The molecule has 0 bridgehead atoms. The van der Waals surface area contributed by atoms with E-state index in [1.54, 1.807) is 49.6 Å². The van der Waals surface area contributed by atoms with Crippen LogP contribution in [0.25, 0.3) is 0 Å². The van der Waals surface area contributed by atoms with Gasteiger partial charge in [-0.2, -0.15) is 4.31 Å². The lowest BCUT2D eigenvalue weighted by Crippen LogP contribution is -2.41. The monoisotopic (exact) mass is 420 g/mol. The standard InChI is InChI=1S/C20H24N2O6S/c1-26-17-7-8-18(19(13-17)27-2)21-20(23)16-5-3-15(4-6-16)14-29(24,25)22-9-11-28-12-10-22/h3-8,13H,9-12,14H2,1-2H3,(H,21,23). The summed E-state index contributed by atoms with van der Waals surface area (Å²) in [6.45, 7) is 1.55. The molecule has 0 spiro atoms. The Morgan fingerprint density at radius 2 is 1.76 bits per heavy atom. The second-order valence-corrected chi connectivity index (χ2v) is 8.45. The van der Waals surface area contributed by atoms with Gasteiger partial charge < -0.3 is 19.5 Å². The normalized spacial score (nSPS) is 15.0. The van der Waals surface area contributed by atoms with E-state index in [1.807, 2.05) is 0 Å². The summed E-state index contributed by atoms with van der Waals surface area (Å²) in [7, 11) is -0.352. The minimum atomic E-state index is -3.41. The van der Waals surface area contributed by atoms with Crippen LogP contribution in [0, 0.1) is 0 Å². The maximum atomic E-state index is 12.5. The second-order valence-electron chi connectivity index (χ2n) is 6.48. The third-order valence-electron chi connectivity index (χ3n) is 4.59. The highest BCUT2D eigenvalue weighted by Crippen LogP contribution is 2.29. The predicted octanol–water partition coefficient (Wildman–Crippen LogP) is 2.12. The summed E-state index contributed by atoms with van der Waals surface area (Å²) in [6.07, 6.45) is 0. The molecule has 0 saturated carbocycles. The Morgan fingerprint density at radius 1 is 1.07 bits per heavy atom. The van der Waals surface area contributed by atoms with Crippen molar-refractivity contribution >= 4 is 21.6 Å². The number of ether oxygens (including phenoxy) is 3. The third-order valence-corrected chi connectivity index (χ3v) is 6.44. The Kier molecular flexibility index (Phi) is 6.73. The highest BCUT2D eigenvalue weighted by molar-refractivity contribution is 7.88. The number of amides is 1. The van der Waals surface area contributed by atoms with E-state index in [1.165, 1.54) is 11.4 Å². The van der Waals surface area contributed by atoms with Gasteiger partial charge in [-0.1, -0.05) is 12.1 Å². The Bertz CT molecular complexity index is 953. The van der Waals surface area contributed by atoms with Crippen molar-refractivity contribution in [1.29, 1.82) is 0 Å². The molecule has 1 N–H and O–H groups in total. The molecule has 156 valence electrons. The SMILES string of the molecule is COc1ccc(NC(=O)c2ccc(CS(=O)(=O)N3CCOCC3)cc2)c(OC)c1. The van der Waals surface area contributed by atoms with Gasteiger partial charge in [0.15, 0.2) is 0 Å². The van der Waals surface area contributed by atoms with E-state index < -0.39 is 10.0 Å². The van der Waals surface area contributed by atoms with Crippen LogP contribution in [-0.4, -0.2) is 59.2 Å². The van der Waals surface area contributed by atoms with Crippen LogP contribution in [0.5, 0.6) is 11.5 Å². The largest absolute Gasteiger partial charge is 0.497 e. The molecule has 2 aromatic carbocycles. The van der Waals surface area contributed by atoms with E-state index in [2.05, 4.69) is 5.32 Å². The number of morpholine rings is 1. The fourth-order valence-electron chi connectivity index (χ4n) is 2.98. The maximum Gasteiger partial charge on any atom is 0.255 e. The zero-order chi connectivity index (χ0) is 20.9. The summed E-state index contributed by atoms with van der Waals surface area (Å²) in [6, 6.07) is 11.6. The van der Waals surface area contributed by atoms with Crippen LogP contribution in [0.3, 0.4) is 0 Å². The Hall–Kier alpha value is -2.62. The highest BCUT2D eigenvalue weighted by atomic mass is 32.2. The average molecular weight is 420 g/mol. The van der Waals surface area contributed by atoms with Crippen LogP contribution < -0.4 is 14.8 Å². The van der Waals surface area contributed by atoms with Gasteiger partial charge in [0.1, 0.15) is 11.5 Å². The predicted molar refractivity (Wildman–Crippen MR) is 109 cm³/mol. The number of carbonyl (C=O) groups is 1. The maximum absolute atomic E-state index is 12.5. The molecular formula is C20H24N2O6S. The number of methoxy groups -OCH3 is 2. The second kappa shape index (κ2) is 9.25. The lowest BCUT2D eigenvalue weighted by molar-refractivity contribution is 0.0729. The molecule has 1 heterocycles. The number of carbonyl (C=O) groups excluding carboxylic acids is 1. The van der Waals surface area contributed by atoms with Gasteiger partial charge in [-0.25, -0.2) is 8.42 Å². The molecule has 0 atom stereocenters. The van der Waals surface area contributed by atoms with Crippen LogP contribution in [0.1, 0.15) is 15.9 Å². The minimum absolute atomic E-state index is 0.110. The smallest absolute Gasteiger partial charge is 0.255 e. The molecule has 8 nitrogen and oxygen atoms in total. The van der Waals surface area contributed by atoms with Crippen molar-refractivity contribution in [3.63, 3.8) is 0 Å². The minimum Gasteiger partial charge on any atom is -0.497 e. The number of nitrogens with zero attached hydrogens (tertiary/aromatic N) is 1. The van der Waals surface area contributed by atoms with E-state index in [0.29, 0.717) is 54.6 Å². The van der Waals surface area contributed by atoms with Gasteiger partial charge in [-0.15, -0.1) is 0 Å². The molecule has 29 heavy (non-hydrogen) atoms. The van der Waals surface area contributed by atoms with E-state index in [-0.39, 0.29) is 11.7 Å². The molecule has 0 unspecified atom stereocenters. The molecule has 1 aliphatic heterocycles. The van der Waals surface area contributed by atoms with E-state index in [4.69, 9.17) is 14.2 Å². The summed E-state index contributed by atoms with van der Waals surface area (Å²) in [5.41, 5.74) is 1.54. The molecule has 9 heteroatoms. The Morgan fingerprint density at radius 3 is 2.38 bits per heavy atom. The molecule has 2 aromatic rings. The first kappa shape index (κ1) is 21.1. The number of nitrogens with one attached hydrogen (secondary N) is 1. The number of anilines is 1. The zero-order valence-electron chi connectivity index (χ0n) is 16.4. The van der Waals surface area contributed by atoms with Crippen molar-refractivity contribution in [2.24, 2.45) is 0 Å². The molecular weight excluding hydrogens is 396 g/mol. The summed E-state index contributed by atoms with van der Waals surface area (Å²) in [5.74, 6) is 0.661. The Balaban J connectivity index is 1.67. The first-order valence-electron chi connectivity index (χ1n) is 9.11. The van der Waals surface area contributed by atoms with Crippen LogP contribution >= 0.6 is 0 Å².